The molecule has 1 amide bonds. The first-order valence-corrected chi connectivity index (χ1v) is 7.44. The zero-order valence-corrected chi connectivity index (χ0v) is 14.2. The number of hydrogen-bond donors (Lipinski definition) is 1. The maximum absolute atomic E-state index is 13.7. The number of nitriles is 1. The van der Waals surface area contributed by atoms with Gasteiger partial charge in [-0.05, 0) is 23.8 Å². The van der Waals surface area contributed by atoms with Crippen LogP contribution >= 0.6 is 0 Å². The second-order valence-electron chi connectivity index (χ2n) is 5.29. The number of carbonyl (C=O) groups is 1. The molecule has 0 fully saturated rings. The molecule has 0 radical (unpaired) electrons. The van der Waals surface area contributed by atoms with Gasteiger partial charge in [0.25, 0.3) is 5.91 Å². The van der Waals surface area contributed by atoms with Gasteiger partial charge >= 0.3 is 0 Å². The lowest BCUT2D eigenvalue weighted by Gasteiger charge is -2.13. The molecule has 0 atom stereocenters. The van der Waals surface area contributed by atoms with E-state index in [0.717, 1.165) is 6.08 Å². The van der Waals surface area contributed by atoms with Crippen LogP contribution in [0.1, 0.15) is 11.1 Å². The first-order chi connectivity index (χ1) is 13.2. The summed E-state index contributed by atoms with van der Waals surface area (Å²) in [6.45, 7) is -0.637. The number of amides is 1. The third kappa shape index (κ3) is 4.03. The van der Waals surface area contributed by atoms with E-state index in [4.69, 9.17) is 20.5 Å². The molecule has 2 aromatic carbocycles. The Morgan fingerprint density at radius 1 is 1.11 bits per heavy atom. The highest BCUT2D eigenvalue weighted by Gasteiger charge is 2.27. The Morgan fingerprint density at radius 2 is 1.68 bits per heavy atom. The Bertz CT molecular complexity index is 986. The third-order valence-electron chi connectivity index (χ3n) is 3.54. The van der Waals surface area contributed by atoms with Crippen molar-refractivity contribution in [2.24, 2.45) is 5.73 Å². The van der Waals surface area contributed by atoms with Crippen LogP contribution in [-0.2, 0) is 11.4 Å². The number of ether oxygens (including phenoxy) is 2. The van der Waals surface area contributed by atoms with E-state index >= 15 is 0 Å². The lowest BCUT2D eigenvalue weighted by atomic mass is 10.1. The van der Waals surface area contributed by atoms with Crippen LogP contribution in [0.5, 0.6) is 11.5 Å². The molecule has 0 aromatic heterocycles. The maximum Gasteiger partial charge on any atom is 0.259 e. The van der Waals surface area contributed by atoms with Crippen molar-refractivity contribution in [3.05, 3.63) is 64.0 Å². The lowest BCUT2D eigenvalue weighted by molar-refractivity contribution is -0.114. The first kappa shape index (κ1) is 20.7. The van der Waals surface area contributed by atoms with Gasteiger partial charge in [0.15, 0.2) is 5.75 Å². The van der Waals surface area contributed by atoms with E-state index in [1.807, 2.05) is 0 Å². The topological polar surface area (TPSA) is 85.3 Å². The Kier molecular flexibility index (Phi) is 6.20. The number of benzene rings is 2. The zero-order valence-electron chi connectivity index (χ0n) is 14.2. The molecule has 0 aliphatic heterocycles. The van der Waals surface area contributed by atoms with Gasteiger partial charge in [0.1, 0.15) is 24.0 Å². The molecule has 0 unspecified atom stereocenters. The van der Waals surface area contributed by atoms with Gasteiger partial charge in [0.05, 0.1) is 7.11 Å². The van der Waals surface area contributed by atoms with Gasteiger partial charge < -0.3 is 15.2 Å². The molecular formula is C18H11F5N2O3. The quantitative estimate of drug-likeness (QED) is 0.266. The van der Waals surface area contributed by atoms with Crippen LogP contribution in [0, 0.1) is 40.4 Å². The number of rotatable bonds is 6. The summed E-state index contributed by atoms with van der Waals surface area (Å²) in [5.41, 5.74) is 5.09. The minimum Gasteiger partial charge on any atom is -0.496 e. The molecule has 2 aromatic rings. The minimum absolute atomic E-state index is 0.141. The van der Waals surface area contributed by atoms with Crippen molar-refractivity contribution in [2.45, 2.75) is 6.61 Å². The fraction of sp³-hybridized carbons (Fsp3) is 0.111. The van der Waals surface area contributed by atoms with Crippen LogP contribution in [0.2, 0.25) is 0 Å². The Labute approximate surface area is 155 Å². The summed E-state index contributed by atoms with van der Waals surface area (Å²) in [5.74, 6) is -13.1. The van der Waals surface area contributed by atoms with E-state index in [1.165, 1.54) is 25.3 Å². The number of nitrogens with zero attached hydrogens (tertiary/aromatic N) is 1. The van der Waals surface area contributed by atoms with Crippen molar-refractivity contribution < 1.29 is 36.2 Å². The van der Waals surface area contributed by atoms with Crippen LogP contribution < -0.4 is 15.2 Å². The second-order valence-corrected chi connectivity index (χ2v) is 5.29. The van der Waals surface area contributed by atoms with Crippen molar-refractivity contribution in [3.8, 4) is 17.6 Å². The summed E-state index contributed by atoms with van der Waals surface area (Å²) in [7, 11) is 1.27. The SMILES string of the molecule is COc1ccc(/C=C(/C#N)C(N)=O)cc1COc1c(F)c(F)c(F)c(F)c1F. The second kappa shape index (κ2) is 8.39. The van der Waals surface area contributed by atoms with Gasteiger partial charge in [-0.25, -0.2) is 13.2 Å². The van der Waals surface area contributed by atoms with Crippen molar-refractivity contribution in [1.29, 1.82) is 5.26 Å². The van der Waals surface area contributed by atoms with E-state index < -0.39 is 47.3 Å². The van der Waals surface area contributed by atoms with Crippen molar-refractivity contribution in [3.63, 3.8) is 0 Å². The number of carbonyl (C=O) groups excluding carboxylic acids is 1. The zero-order chi connectivity index (χ0) is 21.0. The fourth-order valence-electron chi connectivity index (χ4n) is 2.19. The van der Waals surface area contributed by atoms with Gasteiger partial charge in [-0.15, -0.1) is 0 Å². The molecule has 5 nitrogen and oxygen atoms in total. The van der Waals surface area contributed by atoms with Crippen LogP contribution in [0.3, 0.4) is 0 Å². The predicted molar refractivity (Wildman–Crippen MR) is 86.3 cm³/mol. The van der Waals surface area contributed by atoms with Gasteiger partial charge in [-0.1, -0.05) is 6.07 Å². The molecule has 10 heteroatoms. The average Bonchev–Trinajstić information content (AvgIpc) is 2.68. The standard InChI is InChI=1S/C18H11F5N2O3/c1-27-11-3-2-8(4-9(6-24)18(25)26)5-10(11)7-28-17-15(22)13(20)12(19)14(21)16(17)23/h2-5H,7H2,1H3,(H2,25,26)/b9-4-. The third-order valence-corrected chi connectivity index (χ3v) is 3.54. The number of halogens is 5. The van der Waals surface area contributed by atoms with E-state index in [2.05, 4.69) is 0 Å². The molecule has 0 heterocycles. The lowest BCUT2D eigenvalue weighted by Crippen LogP contribution is -2.12. The Morgan fingerprint density at radius 3 is 2.18 bits per heavy atom. The van der Waals surface area contributed by atoms with Gasteiger partial charge in [-0.3, -0.25) is 4.79 Å². The summed E-state index contributed by atoms with van der Waals surface area (Å²) < 4.78 is 76.8. The van der Waals surface area contributed by atoms with Crippen LogP contribution in [0.4, 0.5) is 22.0 Å². The highest BCUT2D eigenvalue weighted by Crippen LogP contribution is 2.31. The number of nitrogens with two attached hydrogens (primary N) is 1. The molecule has 0 saturated heterocycles. The summed E-state index contributed by atoms with van der Waals surface area (Å²) >= 11 is 0. The highest BCUT2D eigenvalue weighted by molar-refractivity contribution is 6.00. The normalized spacial score (nSPS) is 11.1. The summed E-state index contributed by atoms with van der Waals surface area (Å²) in [4.78, 5) is 11.1. The van der Waals surface area contributed by atoms with E-state index in [1.54, 1.807) is 6.07 Å². The Hall–Kier alpha value is -3.61. The molecule has 0 saturated carbocycles. The van der Waals surface area contributed by atoms with Crippen LogP contribution in [0.25, 0.3) is 6.08 Å². The van der Waals surface area contributed by atoms with Crippen LogP contribution in [-0.4, -0.2) is 13.0 Å². The van der Waals surface area contributed by atoms with Gasteiger partial charge in [0.2, 0.25) is 29.1 Å². The fourth-order valence-corrected chi connectivity index (χ4v) is 2.19. The smallest absolute Gasteiger partial charge is 0.259 e. The average molecular weight is 398 g/mol. The van der Waals surface area contributed by atoms with Crippen molar-refractivity contribution >= 4 is 12.0 Å². The molecule has 146 valence electrons. The van der Waals surface area contributed by atoms with Crippen molar-refractivity contribution in [1.82, 2.24) is 0 Å². The monoisotopic (exact) mass is 398 g/mol. The van der Waals surface area contributed by atoms with E-state index in [-0.39, 0.29) is 22.4 Å². The van der Waals surface area contributed by atoms with Gasteiger partial charge in [-0.2, -0.15) is 14.0 Å². The summed E-state index contributed by atoms with van der Waals surface area (Å²) in [6.07, 6.45) is 1.14. The van der Waals surface area contributed by atoms with E-state index in [9.17, 15) is 26.7 Å². The largest absolute Gasteiger partial charge is 0.496 e. The molecule has 28 heavy (non-hydrogen) atoms. The molecule has 2 N–H and O–H groups in total. The molecule has 2 rings (SSSR count). The summed E-state index contributed by atoms with van der Waals surface area (Å²) in [6, 6.07) is 5.75. The number of methoxy groups -OCH3 is 1. The maximum atomic E-state index is 13.7. The molecule has 0 aliphatic rings. The van der Waals surface area contributed by atoms with Gasteiger partial charge in [0, 0.05) is 5.56 Å². The molecular weight excluding hydrogens is 387 g/mol. The number of hydrogen-bond acceptors (Lipinski definition) is 4. The molecule has 0 aliphatic carbocycles. The minimum atomic E-state index is -2.30. The number of primary amides is 1. The van der Waals surface area contributed by atoms with Crippen LogP contribution in [0.15, 0.2) is 23.8 Å². The highest BCUT2D eigenvalue weighted by atomic mass is 19.2. The molecule has 0 bridgehead atoms. The van der Waals surface area contributed by atoms with Crippen molar-refractivity contribution in [2.75, 3.05) is 7.11 Å². The molecule has 0 spiro atoms. The predicted octanol–water partition coefficient (Wildman–Crippen LogP) is 3.36. The van der Waals surface area contributed by atoms with E-state index in [0.29, 0.717) is 0 Å². The summed E-state index contributed by atoms with van der Waals surface area (Å²) in [5, 5.41) is 8.86. The Balaban J connectivity index is 2.41. The first-order valence-electron chi connectivity index (χ1n) is 7.44.